The Kier molecular flexibility index (Phi) is 3.15. The number of rotatable bonds is 5. The van der Waals surface area contributed by atoms with Crippen LogP contribution in [0, 0.1) is 0 Å². The molecule has 21 heavy (non-hydrogen) atoms. The predicted molar refractivity (Wildman–Crippen MR) is 80.2 cm³/mol. The van der Waals surface area contributed by atoms with Crippen LogP contribution in [0.1, 0.15) is 48.4 Å². The summed E-state index contributed by atoms with van der Waals surface area (Å²) in [6.45, 7) is 2.40. The predicted octanol–water partition coefficient (Wildman–Crippen LogP) is 2.40. The van der Waals surface area contributed by atoms with Crippen molar-refractivity contribution in [3.63, 3.8) is 0 Å². The normalized spacial score (nSPS) is 20.8. The number of nitrogens with zero attached hydrogens (tertiary/aromatic N) is 3. The smallest absolute Gasteiger partial charge is 0.246 e. The molecule has 0 amide bonds. The zero-order valence-corrected chi connectivity index (χ0v) is 12.0. The molecule has 2 aliphatic rings. The van der Waals surface area contributed by atoms with Gasteiger partial charge in [-0.3, -0.25) is 0 Å². The van der Waals surface area contributed by atoms with Crippen molar-refractivity contribution < 1.29 is 4.52 Å². The van der Waals surface area contributed by atoms with E-state index in [4.69, 9.17) is 10.3 Å². The average Bonchev–Trinajstić information content (AvgIpc) is 3.17. The molecule has 1 saturated carbocycles. The summed E-state index contributed by atoms with van der Waals surface area (Å²) in [5, 5.41) is 4.10. The highest BCUT2D eigenvalue weighted by molar-refractivity contribution is 5.60. The molecule has 1 aliphatic carbocycles. The van der Waals surface area contributed by atoms with Crippen LogP contribution >= 0.6 is 0 Å². The topological polar surface area (TPSA) is 68.2 Å². The molecule has 1 aromatic heterocycles. The number of fused-ring (bicyclic) bond motifs is 1. The molecule has 1 unspecified atom stereocenters. The Morgan fingerprint density at radius 3 is 2.95 bits per heavy atom. The Hall–Kier alpha value is -1.88. The number of benzene rings is 1. The van der Waals surface area contributed by atoms with Gasteiger partial charge in [0.15, 0.2) is 5.82 Å². The number of nitrogens with two attached hydrogens (primary N) is 1. The maximum absolute atomic E-state index is 5.75. The lowest BCUT2D eigenvalue weighted by molar-refractivity contribution is 0.371. The molecule has 2 aromatic rings. The Balaban J connectivity index is 1.54. The van der Waals surface area contributed by atoms with Gasteiger partial charge in [-0.25, -0.2) is 0 Å². The third-order valence-corrected chi connectivity index (χ3v) is 4.43. The van der Waals surface area contributed by atoms with Crippen molar-refractivity contribution in [2.45, 2.75) is 37.6 Å². The molecule has 4 rings (SSSR count). The van der Waals surface area contributed by atoms with Crippen LogP contribution in [0.4, 0.5) is 5.69 Å². The van der Waals surface area contributed by atoms with Crippen molar-refractivity contribution in [3.8, 4) is 0 Å². The quantitative estimate of drug-likeness (QED) is 0.913. The molecule has 1 aliphatic heterocycles. The van der Waals surface area contributed by atoms with Crippen molar-refractivity contribution in [1.82, 2.24) is 10.1 Å². The van der Waals surface area contributed by atoms with E-state index in [0.29, 0.717) is 18.4 Å². The summed E-state index contributed by atoms with van der Waals surface area (Å²) in [7, 11) is 0. The lowest BCUT2D eigenvalue weighted by Crippen LogP contribution is -2.22. The average molecular weight is 284 g/mol. The summed E-state index contributed by atoms with van der Waals surface area (Å²) in [6, 6.07) is 8.56. The zero-order valence-electron chi connectivity index (χ0n) is 12.0. The minimum atomic E-state index is 0.511. The van der Waals surface area contributed by atoms with E-state index in [1.807, 2.05) is 0 Å². The second kappa shape index (κ2) is 5.15. The van der Waals surface area contributed by atoms with E-state index >= 15 is 0 Å². The summed E-state index contributed by atoms with van der Waals surface area (Å²) < 4.78 is 5.41. The summed E-state index contributed by atoms with van der Waals surface area (Å²) in [4.78, 5) is 6.87. The first-order valence-corrected chi connectivity index (χ1v) is 7.71. The third kappa shape index (κ3) is 2.42. The molecule has 1 aromatic carbocycles. The molecule has 2 N–H and O–H groups in total. The maximum atomic E-state index is 5.75. The molecule has 0 bridgehead atoms. The maximum Gasteiger partial charge on any atom is 0.246 e. The summed E-state index contributed by atoms with van der Waals surface area (Å²) in [6.07, 6.45) is 3.42. The highest BCUT2D eigenvalue weighted by Gasteiger charge is 2.31. The largest absolute Gasteiger partial charge is 0.361 e. The fourth-order valence-electron chi connectivity index (χ4n) is 3.18. The van der Waals surface area contributed by atoms with Gasteiger partial charge in [0, 0.05) is 24.1 Å². The van der Waals surface area contributed by atoms with Crippen LogP contribution in [0.5, 0.6) is 0 Å². The molecule has 0 radical (unpaired) electrons. The first-order valence-electron chi connectivity index (χ1n) is 7.71. The molecule has 1 fully saturated rings. The Morgan fingerprint density at radius 2 is 2.14 bits per heavy atom. The van der Waals surface area contributed by atoms with E-state index in [-0.39, 0.29) is 0 Å². The van der Waals surface area contributed by atoms with E-state index in [1.54, 1.807) is 0 Å². The SMILES string of the molecule is NCCC1CN(Cc2nc(C3CC3)no2)c2ccccc21. The van der Waals surface area contributed by atoms with Gasteiger partial charge in [-0.15, -0.1) is 0 Å². The van der Waals surface area contributed by atoms with E-state index in [1.165, 1.54) is 24.1 Å². The van der Waals surface area contributed by atoms with Crippen LogP contribution in [-0.4, -0.2) is 23.2 Å². The first-order chi connectivity index (χ1) is 10.3. The molecule has 110 valence electrons. The number of anilines is 1. The number of aromatic nitrogens is 2. The molecule has 5 nitrogen and oxygen atoms in total. The van der Waals surface area contributed by atoms with Crippen LogP contribution < -0.4 is 10.6 Å². The lowest BCUT2D eigenvalue weighted by Gasteiger charge is -2.17. The molecule has 0 saturated heterocycles. The van der Waals surface area contributed by atoms with Crippen LogP contribution in [0.15, 0.2) is 28.8 Å². The molecular weight excluding hydrogens is 264 g/mol. The molecular formula is C16H20N4O. The van der Waals surface area contributed by atoms with Gasteiger partial charge in [-0.1, -0.05) is 23.4 Å². The number of hydrogen-bond acceptors (Lipinski definition) is 5. The van der Waals surface area contributed by atoms with Crippen molar-refractivity contribution in [1.29, 1.82) is 0 Å². The Morgan fingerprint density at radius 1 is 1.29 bits per heavy atom. The van der Waals surface area contributed by atoms with Gasteiger partial charge in [0.2, 0.25) is 5.89 Å². The number of hydrogen-bond donors (Lipinski definition) is 1. The van der Waals surface area contributed by atoms with E-state index in [0.717, 1.165) is 31.2 Å². The van der Waals surface area contributed by atoms with E-state index < -0.39 is 0 Å². The van der Waals surface area contributed by atoms with Crippen LogP contribution in [-0.2, 0) is 6.54 Å². The van der Waals surface area contributed by atoms with Gasteiger partial charge in [-0.05, 0) is 37.4 Å². The van der Waals surface area contributed by atoms with E-state index in [9.17, 15) is 0 Å². The molecule has 5 heteroatoms. The van der Waals surface area contributed by atoms with Gasteiger partial charge in [0.1, 0.15) is 0 Å². The van der Waals surface area contributed by atoms with E-state index in [2.05, 4.69) is 39.3 Å². The fourth-order valence-corrected chi connectivity index (χ4v) is 3.18. The van der Waals surface area contributed by atoms with Gasteiger partial charge in [0.05, 0.1) is 6.54 Å². The lowest BCUT2D eigenvalue weighted by atomic mass is 9.98. The van der Waals surface area contributed by atoms with Gasteiger partial charge >= 0.3 is 0 Å². The van der Waals surface area contributed by atoms with Gasteiger partial charge < -0.3 is 15.2 Å². The van der Waals surface area contributed by atoms with Crippen molar-refractivity contribution in [2.75, 3.05) is 18.0 Å². The van der Waals surface area contributed by atoms with Gasteiger partial charge in [-0.2, -0.15) is 4.98 Å². The Bertz CT molecular complexity index is 635. The van der Waals surface area contributed by atoms with Crippen molar-refractivity contribution in [2.24, 2.45) is 5.73 Å². The second-order valence-electron chi connectivity index (χ2n) is 6.03. The monoisotopic (exact) mass is 284 g/mol. The van der Waals surface area contributed by atoms with Crippen molar-refractivity contribution >= 4 is 5.69 Å². The molecule has 2 heterocycles. The molecule has 0 spiro atoms. The second-order valence-corrected chi connectivity index (χ2v) is 6.03. The summed E-state index contributed by atoms with van der Waals surface area (Å²) >= 11 is 0. The van der Waals surface area contributed by atoms with Gasteiger partial charge in [0.25, 0.3) is 0 Å². The van der Waals surface area contributed by atoms with Crippen LogP contribution in [0.2, 0.25) is 0 Å². The highest BCUT2D eigenvalue weighted by atomic mass is 16.5. The highest BCUT2D eigenvalue weighted by Crippen LogP contribution is 2.40. The summed E-state index contributed by atoms with van der Waals surface area (Å²) in [5.74, 6) is 2.66. The Labute approximate surface area is 124 Å². The van der Waals surface area contributed by atoms with Crippen molar-refractivity contribution in [3.05, 3.63) is 41.5 Å². The minimum Gasteiger partial charge on any atom is -0.361 e. The first kappa shape index (κ1) is 12.8. The third-order valence-electron chi connectivity index (χ3n) is 4.43. The standard InChI is InChI=1S/C16H20N4O/c17-8-7-12-9-20(14-4-2-1-3-13(12)14)10-15-18-16(19-21-15)11-5-6-11/h1-4,11-12H,5-10,17H2. The number of para-hydroxylation sites is 1. The van der Waals surface area contributed by atoms with Crippen LogP contribution in [0.3, 0.4) is 0 Å². The summed E-state index contributed by atoms with van der Waals surface area (Å²) in [5.41, 5.74) is 8.42. The zero-order chi connectivity index (χ0) is 14.2. The fraction of sp³-hybridized carbons (Fsp3) is 0.500. The van der Waals surface area contributed by atoms with Crippen LogP contribution in [0.25, 0.3) is 0 Å². The minimum absolute atomic E-state index is 0.511. The molecule has 1 atom stereocenters.